The van der Waals surface area contributed by atoms with Gasteiger partial charge in [0.05, 0.1) is 18.7 Å². The summed E-state index contributed by atoms with van der Waals surface area (Å²) in [4.78, 5) is 16.8. The van der Waals surface area contributed by atoms with Crippen molar-refractivity contribution in [2.75, 3.05) is 19.0 Å². The van der Waals surface area contributed by atoms with E-state index < -0.39 is 0 Å². The van der Waals surface area contributed by atoms with Crippen molar-refractivity contribution in [2.24, 2.45) is 13.0 Å². The zero-order valence-electron chi connectivity index (χ0n) is 13.2. The van der Waals surface area contributed by atoms with Crippen LogP contribution in [0.5, 0.6) is 5.88 Å². The van der Waals surface area contributed by atoms with Crippen molar-refractivity contribution in [3.63, 3.8) is 0 Å². The number of ether oxygens (including phenoxy) is 2. The van der Waals surface area contributed by atoms with Crippen LogP contribution in [0.1, 0.15) is 24.6 Å². The highest BCUT2D eigenvalue weighted by Crippen LogP contribution is 2.34. The van der Waals surface area contributed by atoms with Crippen molar-refractivity contribution in [3.05, 3.63) is 36.3 Å². The Morgan fingerprint density at radius 2 is 2.30 bits per heavy atom. The summed E-state index contributed by atoms with van der Waals surface area (Å²) in [6.45, 7) is 0.649. The maximum Gasteiger partial charge on any atom is 0.237 e. The molecule has 1 N–H and O–H groups in total. The Kier molecular flexibility index (Phi) is 4.57. The number of carbonyl (C=O) groups is 1. The SMILES string of the molecule is COc1ncccc1NC(=O)[C@@H]1CCCO[C@H]1c1ccnn1C. The number of rotatable bonds is 4. The number of hydrogen-bond acceptors (Lipinski definition) is 5. The second-order valence-corrected chi connectivity index (χ2v) is 5.47. The van der Waals surface area contributed by atoms with E-state index in [4.69, 9.17) is 9.47 Å². The molecular weight excluding hydrogens is 296 g/mol. The normalized spacial score (nSPS) is 21.0. The van der Waals surface area contributed by atoms with Gasteiger partial charge in [0, 0.05) is 26.0 Å². The van der Waals surface area contributed by atoms with Crippen LogP contribution in [-0.2, 0) is 16.6 Å². The molecule has 23 heavy (non-hydrogen) atoms. The van der Waals surface area contributed by atoms with Gasteiger partial charge < -0.3 is 14.8 Å². The van der Waals surface area contributed by atoms with E-state index in [-0.39, 0.29) is 17.9 Å². The molecule has 3 heterocycles. The predicted molar refractivity (Wildman–Crippen MR) is 84.0 cm³/mol. The predicted octanol–water partition coefficient (Wildman–Crippen LogP) is 1.93. The Morgan fingerprint density at radius 3 is 3.04 bits per heavy atom. The fourth-order valence-corrected chi connectivity index (χ4v) is 2.88. The van der Waals surface area contributed by atoms with E-state index in [2.05, 4.69) is 15.4 Å². The minimum atomic E-state index is -0.293. The van der Waals surface area contributed by atoms with E-state index in [0.29, 0.717) is 18.2 Å². The number of aryl methyl sites for hydroxylation is 1. The number of aromatic nitrogens is 3. The second-order valence-electron chi connectivity index (χ2n) is 5.47. The van der Waals surface area contributed by atoms with Gasteiger partial charge in [0.25, 0.3) is 0 Å². The lowest BCUT2D eigenvalue weighted by molar-refractivity contribution is -0.129. The molecule has 0 aromatic carbocycles. The number of nitrogens with one attached hydrogen (secondary N) is 1. The van der Waals surface area contributed by atoms with Crippen LogP contribution in [-0.4, -0.2) is 34.4 Å². The molecule has 7 heteroatoms. The van der Waals surface area contributed by atoms with Crippen LogP contribution in [0.4, 0.5) is 5.69 Å². The summed E-state index contributed by atoms with van der Waals surface area (Å²) in [6.07, 6.45) is 4.67. The Bertz CT molecular complexity index is 685. The minimum absolute atomic E-state index is 0.0952. The van der Waals surface area contributed by atoms with Gasteiger partial charge in [-0.3, -0.25) is 9.48 Å². The summed E-state index contributed by atoms with van der Waals surface area (Å²) in [5, 5.41) is 7.08. The number of carbonyl (C=O) groups excluding carboxylic acids is 1. The summed E-state index contributed by atoms with van der Waals surface area (Å²) >= 11 is 0. The first-order valence-electron chi connectivity index (χ1n) is 7.60. The zero-order valence-corrected chi connectivity index (χ0v) is 13.2. The fraction of sp³-hybridized carbons (Fsp3) is 0.438. The van der Waals surface area contributed by atoms with E-state index in [0.717, 1.165) is 18.5 Å². The van der Waals surface area contributed by atoms with Crippen LogP contribution >= 0.6 is 0 Å². The number of anilines is 1. The van der Waals surface area contributed by atoms with Gasteiger partial charge >= 0.3 is 0 Å². The van der Waals surface area contributed by atoms with E-state index >= 15 is 0 Å². The highest BCUT2D eigenvalue weighted by Gasteiger charge is 2.35. The van der Waals surface area contributed by atoms with Crippen molar-refractivity contribution in [3.8, 4) is 5.88 Å². The monoisotopic (exact) mass is 316 g/mol. The average molecular weight is 316 g/mol. The third-order valence-corrected chi connectivity index (χ3v) is 4.03. The number of amides is 1. The van der Waals surface area contributed by atoms with Gasteiger partial charge in [0.2, 0.25) is 11.8 Å². The maximum absolute atomic E-state index is 12.7. The summed E-state index contributed by atoms with van der Waals surface area (Å²) in [6, 6.07) is 5.42. The molecule has 1 aliphatic rings. The van der Waals surface area contributed by atoms with E-state index in [1.54, 1.807) is 29.2 Å². The van der Waals surface area contributed by atoms with Gasteiger partial charge in [-0.2, -0.15) is 5.10 Å². The van der Waals surface area contributed by atoms with Crippen LogP contribution in [0.25, 0.3) is 0 Å². The second kappa shape index (κ2) is 6.78. The molecule has 1 amide bonds. The van der Waals surface area contributed by atoms with E-state index in [9.17, 15) is 4.79 Å². The molecule has 2 aromatic rings. The molecule has 1 saturated heterocycles. The molecule has 0 radical (unpaired) electrons. The van der Waals surface area contributed by atoms with Gasteiger partial charge in [-0.25, -0.2) is 4.98 Å². The summed E-state index contributed by atoms with van der Waals surface area (Å²) in [7, 11) is 3.38. The number of methoxy groups -OCH3 is 1. The van der Waals surface area contributed by atoms with Crippen LogP contribution in [0.2, 0.25) is 0 Å². The number of pyridine rings is 1. The molecule has 0 bridgehead atoms. The first kappa shape index (κ1) is 15.5. The van der Waals surface area contributed by atoms with E-state index in [1.807, 2.05) is 13.1 Å². The summed E-state index contributed by atoms with van der Waals surface area (Å²) < 4.78 is 12.8. The van der Waals surface area contributed by atoms with Crippen molar-refractivity contribution in [1.82, 2.24) is 14.8 Å². The molecular formula is C16H20N4O3. The first-order valence-corrected chi connectivity index (χ1v) is 7.60. The fourth-order valence-electron chi connectivity index (χ4n) is 2.88. The highest BCUT2D eigenvalue weighted by atomic mass is 16.5. The van der Waals surface area contributed by atoms with Gasteiger partial charge in [0.15, 0.2) is 0 Å². The Labute approximate surface area is 134 Å². The molecule has 1 aliphatic heterocycles. The third kappa shape index (κ3) is 3.19. The topological polar surface area (TPSA) is 78.3 Å². The molecule has 2 aromatic heterocycles. The average Bonchev–Trinajstić information content (AvgIpc) is 3.01. The molecule has 0 spiro atoms. The van der Waals surface area contributed by atoms with Crippen molar-refractivity contribution in [1.29, 1.82) is 0 Å². The third-order valence-electron chi connectivity index (χ3n) is 4.03. The molecule has 1 fully saturated rings. The summed E-state index contributed by atoms with van der Waals surface area (Å²) in [5.74, 6) is 0.0286. The van der Waals surface area contributed by atoms with Gasteiger partial charge in [-0.1, -0.05) is 0 Å². The Morgan fingerprint density at radius 1 is 1.43 bits per heavy atom. The van der Waals surface area contributed by atoms with Crippen LogP contribution < -0.4 is 10.1 Å². The molecule has 2 atom stereocenters. The van der Waals surface area contributed by atoms with Crippen molar-refractivity contribution >= 4 is 11.6 Å². The van der Waals surface area contributed by atoms with Crippen LogP contribution in [0.3, 0.4) is 0 Å². The quantitative estimate of drug-likeness (QED) is 0.932. The van der Waals surface area contributed by atoms with Crippen LogP contribution in [0.15, 0.2) is 30.6 Å². The van der Waals surface area contributed by atoms with Crippen molar-refractivity contribution in [2.45, 2.75) is 18.9 Å². The van der Waals surface area contributed by atoms with Gasteiger partial charge in [-0.05, 0) is 31.0 Å². The number of nitrogens with zero attached hydrogens (tertiary/aromatic N) is 3. The standard InChI is InChI=1S/C16H20N4O3/c1-20-13(7-9-18-20)14-11(5-4-10-23-14)15(21)19-12-6-3-8-17-16(12)22-2/h3,6-9,11,14H,4-5,10H2,1-2H3,(H,19,21)/t11-,14-/m1/s1. The minimum Gasteiger partial charge on any atom is -0.480 e. The molecule has 122 valence electrons. The lowest BCUT2D eigenvalue weighted by atomic mass is 9.91. The number of hydrogen-bond donors (Lipinski definition) is 1. The lowest BCUT2D eigenvalue weighted by Gasteiger charge is -2.30. The van der Waals surface area contributed by atoms with Gasteiger partial charge in [-0.15, -0.1) is 0 Å². The van der Waals surface area contributed by atoms with Gasteiger partial charge in [0.1, 0.15) is 11.8 Å². The largest absolute Gasteiger partial charge is 0.480 e. The van der Waals surface area contributed by atoms with Crippen molar-refractivity contribution < 1.29 is 14.3 Å². The molecule has 3 rings (SSSR count). The highest BCUT2D eigenvalue weighted by molar-refractivity contribution is 5.94. The Balaban J connectivity index is 1.80. The molecule has 0 saturated carbocycles. The maximum atomic E-state index is 12.7. The lowest BCUT2D eigenvalue weighted by Crippen LogP contribution is -2.34. The molecule has 7 nitrogen and oxygen atoms in total. The molecule has 0 unspecified atom stereocenters. The summed E-state index contributed by atoms with van der Waals surface area (Å²) in [5.41, 5.74) is 1.47. The zero-order chi connectivity index (χ0) is 16.2. The molecule has 0 aliphatic carbocycles. The Hall–Kier alpha value is -2.41. The van der Waals surface area contributed by atoms with E-state index in [1.165, 1.54) is 7.11 Å². The first-order chi connectivity index (χ1) is 11.2. The van der Waals surface area contributed by atoms with Crippen LogP contribution in [0, 0.1) is 5.92 Å². The smallest absolute Gasteiger partial charge is 0.237 e.